The van der Waals surface area contributed by atoms with E-state index < -0.39 is 10.8 Å². The summed E-state index contributed by atoms with van der Waals surface area (Å²) in [5.74, 6) is 8.57. The topological polar surface area (TPSA) is 110 Å². The fourth-order valence-electron chi connectivity index (χ4n) is 4.40. The van der Waals surface area contributed by atoms with Gasteiger partial charge in [-0.3, -0.25) is 4.21 Å². The van der Waals surface area contributed by atoms with Gasteiger partial charge >= 0.3 is 0 Å². The molecule has 1 atom stereocenters. The smallest absolute Gasteiger partial charge is 0.227 e. The molecule has 0 amide bonds. The minimum Gasteiger partial charge on any atom is -0.362 e. The third-order valence-electron chi connectivity index (χ3n) is 6.46. The van der Waals surface area contributed by atoms with Crippen LogP contribution in [0.3, 0.4) is 0 Å². The monoisotopic (exact) mass is 449 g/mol. The number of aryl methyl sites for hydroxylation is 1. The van der Waals surface area contributed by atoms with Gasteiger partial charge in [-0.15, -0.1) is 5.92 Å². The molecule has 3 aliphatic rings. The number of nitrogens with two attached hydrogens (primary N) is 1. The van der Waals surface area contributed by atoms with Crippen LogP contribution in [0.15, 0.2) is 23.4 Å². The zero-order valence-corrected chi connectivity index (χ0v) is 19.0. The lowest BCUT2D eigenvalue weighted by atomic mass is 9.77. The van der Waals surface area contributed by atoms with Crippen molar-refractivity contribution in [2.75, 3.05) is 35.6 Å². The Morgan fingerprint density at radius 3 is 2.69 bits per heavy atom. The van der Waals surface area contributed by atoms with Crippen molar-refractivity contribution >= 4 is 28.1 Å². The number of nitrogens with zero attached hydrogens (tertiary/aromatic N) is 5. The molecule has 8 nitrogen and oxygen atoms in total. The molecule has 0 bridgehead atoms. The minimum atomic E-state index is -1.06. The van der Waals surface area contributed by atoms with Crippen LogP contribution in [0, 0.1) is 11.8 Å². The second kappa shape index (κ2) is 8.60. The zero-order valence-electron chi connectivity index (χ0n) is 18.2. The maximum atomic E-state index is 12.6. The van der Waals surface area contributed by atoms with Crippen molar-refractivity contribution in [2.24, 2.45) is 5.73 Å². The highest BCUT2D eigenvalue weighted by Crippen LogP contribution is 2.38. The molecule has 166 valence electrons. The SMILES string of the molecule is CC#Cc1cnc(C2=CCN(c3nc4c(c(NC5(CN)CCC5)n3)S(=O)CC4)CC2)nc1. The Bertz CT molecular complexity index is 1140. The summed E-state index contributed by atoms with van der Waals surface area (Å²) in [5.41, 5.74) is 8.76. The van der Waals surface area contributed by atoms with Gasteiger partial charge in [0.25, 0.3) is 0 Å². The molecule has 2 aromatic heterocycles. The van der Waals surface area contributed by atoms with Crippen LogP contribution in [0.1, 0.15) is 49.7 Å². The first-order chi connectivity index (χ1) is 15.6. The predicted molar refractivity (Wildman–Crippen MR) is 126 cm³/mol. The Balaban J connectivity index is 1.39. The third kappa shape index (κ3) is 3.89. The largest absolute Gasteiger partial charge is 0.362 e. The van der Waals surface area contributed by atoms with Crippen LogP contribution < -0.4 is 16.0 Å². The van der Waals surface area contributed by atoms with Gasteiger partial charge in [0.05, 0.1) is 27.6 Å². The average Bonchev–Trinajstić information content (AvgIpc) is 3.18. The van der Waals surface area contributed by atoms with Crippen LogP contribution in [0.25, 0.3) is 5.57 Å². The van der Waals surface area contributed by atoms with Gasteiger partial charge in [0.1, 0.15) is 10.7 Å². The molecule has 2 aromatic rings. The Labute approximate surface area is 190 Å². The van der Waals surface area contributed by atoms with Gasteiger partial charge in [0.15, 0.2) is 5.82 Å². The van der Waals surface area contributed by atoms with E-state index in [-0.39, 0.29) is 5.54 Å². The molecule has 9 heteroatoms. The predicted octanol–water partition coefficient (Wildman–Crippen LogP) is 1.89. The molecule has 32 heavy (non-hydrogen) atoms. The number of fused-ring (bicyclic) bond motifs is 1. The summed E-state index contributed by atoms with van der Waals surface area (Å²) in [6.07, 6.45) is 10.4. The van der Waals surface area contributed by atoms with Crippen molar-refractivity contribution in [2.45, 2.75) is 49.5 Å². The number of rotatable bonds is 5. The van der Waals surface area contributed by atoms with E-state index in [0.717, 1.165) is 66.2 Å². The van der Waals surface area contributed by atoms with Crippen molar-refractivity contribution in [3.05, 3.63) is 35.6 Å². The molecule has 5 rings (SSSR count). The maximum absolute atomic E-state index is 12.6. The lowest BCUT2D eigenvalue weighted by Gasteiger charge is -2.42. The lowest BCUT2D eigenvalue weighted by molar-refractivity contribution is 0.286. The number of aromatic nitrogens is 4. The van der Waals surface area contributed by atoms with Gasteiger partial charge in [-0.2, -0.15) is 4.98 Å². The van der Waals surface area contributed by atoms with Crippen LogP contribution in [0.2, 0.25) is 0 Å². The molecule has 1 fully saturated rings. The lowest BCUT2D eigenvalue weighted by Crippen LogP contribution is -2.51. The molecule has 1 saturated carbocycles. The third-order valence-corrected chi connectivity index (χ3v) is 7.92. The van der Waals surface area contributed by atoms with E-state index in [1.165, 1.54) is 0 Å². The van der Waals surface area contributed by atoms with E-state index >= 15 is 0 Å². The van der Waals surface area contributed by atoms with E-state index in [1.54, 1.807) is 19.3 Å². The van der Waals surface area contributed by atoms with Gasteiger partial charge in [-0.05, 0) is 38.2 Å². The van der Waals surface area contributed by atoms with Crippen LogP contribution in [-0.2, 0) is 17.2 Å². The molecule has 0 spiro atoms. The van der Waals surface area contributed by atoms with Crippen LogP contribution in [-0.4, -0.2) is 55.1 Å². The van der Waals surface area contributed by atoms with Gasteiger partial charge in [0, 0.05) is 44.2 Å². The molecule has 0 radical (unpaired) electrons. The first kappa shape index (κ1) is 21.0. The summed E-state index contributed by atoms with van der Waals surface area (Å²) in [5, 5.41) is 3.56. The standard InChI is InChI=1S/C23H27N7OS/c1-2-4-16-13-25-20(26-14-16)17-5-10-30(11-6-17)22-27-18-7-12-32(31)19(18)21(28-22)29-23(15-24)8-3-9-23/h5,13-14H,3,6-12,15,24H2,1H3,(H,27,28,29). The van der Waals surface area contributed by atoms with Gasteiger partial charge in [0.2, 0.25) is 5.95 Å². The molecular formula is C23H27N7OS. The highest BCUT2D eigenvalue weighted by molar-refractivity contribution is 7.85. The minimum absolute atomic E-state index is 0.132. The molecule has 2 aliphatic heterocycles. The maximum Gasteiger partial charge on any atom is 0.227 e. The fourth-order valence-corrected chi connectivity index (χ4v) is 5.71. The second-order valence-corrected chi connectivity index (χ2v) is 10.0. The first-order valence-electron chi connectivity index (χ1n) is 11.1. The summed E-state index contributed by atoms with van der Waals surface area (Å²) in [6, 6.07) is 0. The molecule has 1 unspecified atom stereocenters. The van der Waals surface area contributed by atoms with Crippen molar-refractivity contribution in [3.63, 3.8) is 0 Å². The van der Waals surface area contributed by atoms with E-state index in [9.17, 15) is 4.21 Å². The zero-order chi connectivity index (χ0) is 22.1. The Kier molecular flexibility index (Phi) is 5.66. The van der Waals surface area contributed by atoms with Crippen LogP contribution in [0.4, 0.5) is 11.8 Å². The Hall–Kier alpha value is -2.83. The molecular weight excluding hydrogens is 422 g/mol. The highest BCUT2D eigenvalue weighted by atomic mass is 32.2. The van der Waals surface area contributed by atoms with Crippen molar-refractivity contribution in [1.82, 2.24) is 19.9 Å². The van der Waals surface area contributed by atoms with Crippen LogP contribution >= 0.6 is 0 Å². The molecule has 0 saturated heterocycles. The van der Waals surface area contributed by atoms with E-state index in [4.69, 9.17) is 15.7 Å². The summed E-state index contributed by atoms with van der Waals surface area (Å²) in [7, 11) is -1.06. The normalized spacial score (nSPS) is 21.1. The first-order valence-corrected chi connectivity index (χ1v) is 12.4. The van der Waals surface area contributed by atoms with Gasteiger partial charge in [-0.25, -0.2) is 15.0 Å². The van der Waals surface area contributed by atoms with Crippen LogP contribution in [0.5, 0.6) is 0 Å². The van der Waals surface area contributed by atoms with E-state index in [1.807, 2.05) is 0 Å². The average molecular weight is 450 g/mol. The molecule has 1 aliphatic carbocycles. The van der Waals surface area contributed by atoms with Gasteiger partial charge in [-0.1, -0.05) is 12.0 Å². The van der Waals surface area contributed by atoms with E-state index in [0.29, 0.717) is 30.6 Å². The second-order valence-electron chi connectivity index (χ2n) is 8.51. The number of anilines is 2. The van der Waals surface area contributed by atoms with E-state index in [2.05, 4.69) is 38.1 Å². The molecule has 0 aromatic carbocycles. The summed E-state index contributed by atoms with van der Waals surface area (Å²) < 4.78 is 12.6. The van der Waals surface area contributed by atoms with Gasteiger partial charge < -0.3 is 16.0 Å². The molecule has 4 heterocycles. The number of hydrogen-bond donors (Lipinski definition) is 2. The van der Waals surface area contributed by atoms with Crippen molar-refractivity contribution in [1.29, 1.82) is 0 Å². The molecule has 3 N–H and O–H groups in total. The Morgan fingerprint density at radius 1 is 1.25 bits per heavy atom. The quantitative estimate of drug-likeness (QED) is 0.666. The van der Waals surface area contributed by atoms with Crippen molar-refractivity contribution < 1.29 is 4.21 Å². The summed E-state index contributed by atoms with van der Waals surface area (Å²) >= 11 is 0. The summed E-state index contributed by atoms with van der Waals surface area (Å²) in [6.45, 7) is 3.80. The highest BCUT2D eigenvalue weighted by Gasteiger charge is 2.38. The van der Waals surface area contributed by atoms with Crippen molar-refractivity contribution in [3.8, 4) is 11.8 Å². The Morgan fingerprint density at radius 2 is 2.06 bits per heavy atom. The number of nitrogens with one attached hydrogen (secondary N) is 1. The fraction of sp³-hybridized carbons (Fsp3) is 0.478. The summed E-state index contributed by atoms with van der Waals surface area (Å²) in [4.78, 5) is 21.5. The number of hydrogen-bond acceptors (Lipinski definition) is 8.